The molecule has 1 atom stereocenters. The highest BCUT2D eigenvalue weighted by atomic mass is 35.5. The summed E-state index contributed by atoms with van der Waals surface area (Å²) >= 11 is 6.60. The Labute approximate surface area is 132 Å². The number of halogens is 1. The molecule has 0 heterocycles. The quantitative estimate of drug-likeness (QED) is 0.710. The van der Waals surface area contributed by atoms with E-state index in [9.17, 15) is 0 Å². The van der Waals surface area contributed by atoms with E-state index in [1.807, 2.05) is 24.3 Å². The van der Waals surface area contributed by atoms with Crippen LogP contribution in [0.3, 0.4) is 0 Å². The van der Waals surface area contributed by atoms with Crippen LogP contribution < -0.4 is 9.64 Å². The average molecular weight is 304 g/mol. The highest BCUT2D eigenvalue weighted by molar-refractivity contribution is 6.21. The lowest BCUT2D eigenvalue weighted by molar-refractivity contribution is 0.414. The van der Waals surface area contributed by atoms with Crippen LogP contribution in [-0.2, 0) is 0 Å². The van der Waals surface area contributed by atoms with Crippen LogP contribution in [0.25, 0.3) is 0 Å². The minimum Gasteiger partial charge on any atom is -0.497 e. The third-order valence-corrected chi connectivity index (χ3v) is 3.97. The van der Waals surface area contributed by atoms with Gasteiger partial charge in [0.05, 0.1) is 12.5 Å². The van der Waals surface area contributed by atoms with Crippen LogP contribution >= 0.6 is 11.6 Å². The van der Waals surface area contributed by atoms with Gasteiger partial charge in [-0.25, -0.2) is 0 Å². The van der Waals surface area contributed by atoms with Gasteiger partial charge in [-0.3, -0.25) is 0 Å². The molecule has 0 N–H and O–H groups in total. The molecule has 3 heteroatoms. The Hall–Kier alpha value is -1.67. The van der Waals surface area contributed by atoms with Gasteiger partial charge in [0.25, 0.3) is 0 Å². The smallest absolute Gasteiger partial charge is 0.119 e. The lowest BCUT2D eigenvalue weighted by atomic mass is 10.1. The number of nitrogens with zero attached hydrogens (tertiary/aromatic N) is 1. The maximum atomic E-state index is 6.60. The number of benzene rings is 2. The van der Waals surface area contributed by atoms with Crippen LogP contribution in [0.2, 0.25) is 0 Å². The standard InChI is InChI=1S/C18H22ClNO/c1-4-20(16-9-5-7-14(2)11-16)13-18(19)15-8-6-10-17(12-15)21-3/h5-12,18H,4,13H2,1-3H3. The number of alkyl halides is 1. The topological polar surface area (TPSA) is 12.5 Å². The van der Waals surface area contributed by atoms with Crippen molar-refractivity contribution in [2.24, 2.45) is 0 Å². The summed E-state index contributed by atoms with van der Waals surface area (Å²) in [5, 5.41) is -0.0689. The van der Waals surface area contributed by atoms with Crippen molar-refractivity contribution in [1.29, 1.82) is 0 Å². The molecule has 0 saturated heterocycles. The summed E-state index contributed by atoms with van der Waals surface area (Å²) in [6, 6.07) is 16.5. The third kappa shape index (κ3) is 4.15. The van der Waals surface area contributed by atoms with E-state index in [1.165, 1.54) is 11.3 Å². The molecule has 1 unspecified atom stereocenters. The van der Waals surface area contributed by atoms with Crippen molar-refractivity contribution in [1.82, 2.24) is 0 Å². The van der Waals surface area contributed by atoms with Crippen molar-refractivity contribution >= 4 is 17.3 Å². The van der Waals surface area contributed by atoms with E-state index in [4.69, 9.17) is 16.3 Å². The summed E-state index contributed by atoms with van der Waals surface area (Å²) in [6.07, 6.45) is 0. The molecule has 2 aromatic carbocycles. The van der Waals surface area contributed by atoms with E-state index >= 15 is 0 Å². The number of anilines is 1. The van der Waals surface area contributed by atoms with E-state index in [-0.39, 0.29) is 5.38 Å². The molecule has 0 aliphatic heterocycles. The second kappa shape index (κ2) is 7.37. The summed E-state index contributed by atoms with van der Waals surface area (Å²) < 4.78 is 5.26. The van der Waals surface area contributed by atoms with Gasteiger partial charge in [-0.1, -0.05) is 24.3 Å². The molecule has 21 heavy (non-hydrogen) atoms. The summed E-state index contributed by atoms with van der Waals surface area (Å²) in [5.74, 6) is 0.844. The molecule has 2 nitrogen and oxygen atoms in total. The Morgan fingerprint density at radius 2 is 1.90 bits per heavy atom. The van der Waals surface area contributed by atoms with Gasteiger partial charge in [0.15, 0.2) is 0 Å². The van der Waals surface area contributed by atoms with Crippen molar-refractivity contribution in [3.05, 3.63) is 59.7 Å². The molecule has 0 amide bonds. The van der Waals surface area contributed by atoms with Gasteiger partial charge in [-0.2, -0.15) is 0 Å². The predicted molar refractivity (Wildman–Crippen MR) is 90.7 cm³/mol. The first-order valence-corrected chi connectivity index (χ1v) is 7.67. The van der Waals surface area contributed by atoms with Gasteiger partial charge in [0.1, 0.15) is 5.75 Å². The first-order chi connectivity index (χ1) is 10.1. The van der Waals surface area contributed by atoms with Gasteiger partial charge in [-0.05, 0) is 49.2 Å². The monoisotopic (exact) mass is 303 g/mol. The Morgan fingerprint density at radius 3 is 2.57 bits per heavy atom. The fourth-order valence-corrected chi connectivity index (χ4v) is 2.68. The molecule has 0 aliphatic carbocycles. The first kappa shape index (κ1) is 15.7. The average Bonchev–Trinajstić information content (AvgIpc) is 2.52. The van der Waals surface area contributed by atoms with E-state index in [0.29, 0.717) is 0 Å². The zero-order valence-electron chi connectivity index (χ0n) is 12.8. The zero-order chi connectivity index (χ0) is 15.2. The van der Waals surface area contributed by atoms with Crippen molar-refractivity contribution in [3.8, 4) is 5.75 Å². The summed E-state index contributed by atoms with van der Waals surface area (Å²) in [7, 11) is 1.67. The van der Waals surface area contributed by atoms with Crippen LogP contribution in [-0.4, -0.2) is 20.2 Å². The predicted octanol–water partition coefficient (Wildman–Crippen LogP) is 4.81. The highest BCUT2D eigenvalue weighted by Crippen LogP contribution is 2.27. The van der Waals surface area contributed by atoms with Gasteiger partial charge in [0.2, 0.25) is 0 Å². The number of hydrogen-bond donors (Lipinski definition) is 0. The molecular weight excluding hydrogens is 282 g/mol. The van der Waals surface area contributed by atoms with Crippen molar-refractivity contribution in [2.75, 3.05) is 25.1 Å². The second-order valence-electron chi connectivity index (χ2n) is 5.12. The Balaban J connectivity index is 2.14. The van der Waals surface area contributed by atoms with Crippen LogP contribution in [0.1, 0.15) is 23.4 Å². The van der Waals surface area contributed by atoms with Gasteiger partial charge in [-0.15, -0.1) is 11.6 Å². The fourth-order valence-electron chi connectivity index (χ4n) is 2.38. The largest absolute Gasteiger partial charge is 0.497 e. The lowest BCUT2D eigenvalue weighted by Gasteiger charge is -2.26. The molecule has 0 saturated carbocycles. The Morgan fingerprint density at radius 1 is 1.14 bits per heavy atom. The molecule has 0 aliphatic rings. The van der Waals surface area contributed by atoms with Gasteiger partial charge in [0, 0.05) is 18.8 Å². The molecule has 0 aromatic heterocycles. The number of methoxy groups -OCH3 is 1. The van der Waals surface area contributed by atoms with Gasteiger partial charge < -0.3 is 9.64 Å². The number of rotatable bonds is 6. The van der Waals surface area contributed by atoms with E-state index in [1.54, 1.807) is 7.11 Å². The zero-order valence-corrected chi connectivity index (χ0v) is 13.6. The van der Waals surface area contributed by atoms with Gasteiger partial charge >= 0.3 is 0 Å². The molecule has 0 fully saturated rings. The number of likely N-dealkylation sites (N-methyl/N-ethyl adjacent to an activating group) is 1. The molecular formula is C18H22ClNO. The number of hydrogen-bond acceptors (Lipinski definition) is 2. The summed E-state index contributed by atoms with van der Waals surface area (Å²) in [5.41, 5.74) is 3.56. The summed E-state index contributed by atoms with van der Waals surface area (Å²) in [6.45, 7) is 5.96. The maximum Gasteiger partial charge on any atom is 0.119 e. The lowest BCUT2D eigenvalue weighted by Crippen LogP contribution is -2.26. The fraction of sp³-hybridized carbons (Fsp3) is 0.333. The SMILES string of the molecule is CCN(CC(Cl)c1cccc(OC)c1)c1cccc(C)c1. The van der Waals surface area contributed by atoms with E-state index in [0.717, 1.165) is 24.4 Å². The highest BCUT2D eigenvalue weighted by Gasteiger charge is 2.14. The molecule has 2 aromatic rings. The molecule has 112 valence electrons. The first-order valence-electron chi connectivity index (χ1n) is 7.23. The third-order valence-electron chi connectivity index (χ3n) is 3.58. The van der Waals surface area contributed by atoms with Crippen molar-refractivity contribution < 1.29 is 4.74 Å². The molecule has 2 rings (SSSR count). The Kier molecular flexibility index (Phi) is 5.51. The minimum absolute atomic E-state index is 0.0689. The second-order valence-corrected chi connectivity index (χ2v) is 5.65. The van der Waals surface area contributed by atoms with Crippen LogP contribution in [0.4, 0.5) is 5.69 Å². The van der Waals surface area contributed by atoms with Crippen LogP contribution in [0, 0.1) is 6.92 Å². The van der Waals surface area contributed by atoms with E-state index in [2.05, 4.69) is 43.0 Å². The van der Waals surface area contributed by atoms with Crippen molar-refractivity contribution in [3.63, 3.8) is 0 Å². The molecule has 0 bridgehead atoms. The van der Waals surface area contributed by atoms with Crippen LogP contribution in [0.15, 0.2) is 48.5 Å². The number of aryl methyl sites for hydroxylation is 1. The molecule has 0 spiro atoms. The van der Waals surface area contributed by atoms with Crippen LogP contribution in [0.5, 0.6) is 5.75 Å². The maximum absolute atomic E-state index is 6.60. The van der Waals surface area contributed by atoms with E-state index < -0.39 is 0 Å². The van der Waals surface area contributed by atoms with Crippen molar-refractivity contribution in [2.45, 2.75) is 19.2 Å². The Bertz CT molecular complexity index is 585. The summed E-state index contributed by atoms with van der Waals surface area (Å²) in [4.78, 5) is 2.30. The normalized spacial score (nSPS) is 12.0. The number of ether oxygens (including phenoxy) is 1. The minimum atomic E-state index is -0.0689. The molecule has 0 radical (unpaired) electrons.